The third kappa shape index (κ3) is 4.96. The van der Waals surface area contributed by atoms with Gasteiger partial charge in [-0.3, -0.25) is 0 Å². The molecule has 2 N–H and O–H groups in total. The molecule has 1 aromatic heterocycles. The van der Waals surface area contributed by atoms with Crippen LogP contribution in [0.2, 0.25) is 0 Å². The molecule has 3 rings (SSSR count). The fourth-order valence-electron chi connectivity index (χ4n) is 3.06. The number of rotatable bonds is 6. The number of carbonyl (C=O) groups is 1. The molecule has 1 aliphatic carbocycles. The van der Waals surface area contributed by atoms with Crippen LogP contribution in [0.3, 0.4) is 0 Å². The molecule has 1 aromatic carbocycles. The maximum Gasteiger partial charge on any atom is 0.387 e. The van der Waals surface area contributed by atoms with Crippen molar-refractivity contribution in [3.05, 3.63) is 40.3 Å². The van der Waals surface area contributed by atoms with Gasteiger partial charge in [-0.25, -0.2) is 4.79 Å². The average Bonchev–Trinajstić information content (AvgIpc) is 3.00. The molecule has 0 atom stereocenters. The van der Waals surface area contributed by atoms with Crippen molar-refractivity contribution in [2.75, 3.05) is 17.2 Å². The van der Waals surface area contributed by atoms with Gasteiger partial charge in [0.2, 0.25) is 0 Å². The number of fused-ring (bicyclic) bond motifs is 1. The molecule has 2 aromatic rings. The lowest BCUT2D eigenvalue weighted by molar-refractivity contribution is -0.0498. The number of nitrogens with one attached hydrogen (secondary N) is 2. The predicted molar refractivity (Wildman–Crippen MR) is 110 cm³/mol. The van der Waals surface area contributed by atoms with Crippen molar-refractivity contribution in [1.82, 2.24) is 0 Å². The molecule has 150 valence electrons. The van der Waals surface area contributed by atoms with Gasteiger partial charge in [-0.15, -0.1) is 11.3 Å². The van der Waals surface area contributed by atoms with Crippen molar-refractivity contribution in [2.45, 2.75) is 39.2 Å². The molecule has 0 aliphatic heterocycles. The fourth-order valence-corrected chi connectivity index (χ4v) is 4.62. The summed E-state index contributed by atoms with van der Waals surface area (Å²) in [6, 6.07) is 6.00. The van der Waals surface area contributed by atoms with E-state index in [0.29, 0.717) is 28.0 Å². The molecule has 1 aliphatic rings. The molecule has 9 heteroatoms. The minimum atomic E-state index is -2.87. The maximum atomic E-state index is 12.5. The Labute approximate surface area is 171 Å². The standard InChI is InChI=1S/C19H20F2N2O3S2/c1-2-25-17(24)15-13-5-3-4-6-14(13)28-16(15)23-19(27)22-11-7-9-12(10-8-11)26-18(20)21/h7-10,18H,2-6H2,1H3,(H2,22,23,27). The number of aryl methyl sites for hydroxylation is 1. The summed E-state index contributed by atoms with van der Waals surface area (Å²) in [6.07, 6.45) is 3.95. The summed E-state index contributed by atoms with van der Waals surface area (Å²) in [4.78, 5) is 13.7. The van der Waals surface area contributed by atoms with E-state index in [9.17, 15) is 13.6 Å². The van der Waals surface area contributed by atoms with E-state index in [0.717, 1.165) is 31.2 Å². The summed E-state index contributed by atoms with van der Waals surface area (Å²) in [7, 11) is 0. The number of halogens is 2. The van der Waals surface area contributed by atoms with Gasteiger partial charge in [0.05, 0.1) is 12.2 Å². The smallest absolute Gasteiger partial charge is 0.387 e. The SMILES string of the molecule is CCOC(=O)c1c(NC(=S)Nc2ccc(OC(F)F)cc2)sc2c1CCCC2. The second-order valence-corrected chi connectivity index (χ2v) is 7.63. The van der Waals surface area contributed by atoms with Gasteiger partial charge in [0.25, 0.3) is 0 Å². The van der Waals surface area contributed by atoms with E-state index in [1.54, 1.807) is 19.1 Å². The lowest BCUT2D eigenvalue weighted by atomic mass is 9.95. The normalized spacial score (nSPS) is 13.0. The predicted octanol–water partition coefficient (Wildman–Crippen LogP) is 5.21. The van der Waals surface area contributed by atoms with E-state index >= 15 is 0 Å². The van der Waals surface area contributed by atoms with Crippen LogP contribution in [0.4, 0.5) is 19.5 Å². The fraction of sp³-hybridized carbons (Fsp3) is 0.368. The Morgan fingerprint density at radius 2 is 1.93 bits per heavy atom. The Bertz CT molecular complexity index is 854. The van der Waals surface area contributed by atoms with E-state index in [4.69, 9.17) is 17.0 Å². The number of ether oxygens (including phenoxy) is 2. The number of hydrogen-bond acceptors (Lipinski definition) is 5. The van der Waals surface area contributed by atoms with Crippen LogP contribution in [-0.4, -0.2) is 24.3 Å². The molecule has 5 nitrogen and oxygen atoms in total. The molecule has 0 saturated carbocycles. The van der Waals surface area contributed by atoms with Gasteiger partial charge in [0, 0.05) is 10.6 Å². The van der Waals surface area contributed by atoms with Gasteiger partial charge < -0.3 is 20.1 Å². The maximum absolute atomic E-state index is 12.5. The first-order valence-corrected chi connectivity index (χ1v) is 10.1. The third-order valence-electron chi connectivity index (χ3n) is 4.22. The van der Waals surface area contributed by atoms with Gasteiger partial charge in [0.1, 0.15) is 10.8 Å². The number of thiophene rings is 1. The molecule has 0 bridgehead atoms. The monoisotopic (exact) mass is 426 g/mol. The third-order valence-corrected chi connectivity index (χ3v) is 5.63. The summed E-state index contributed by atoms with van der Waals surface area (Å²) in [5, 5.41) is 7.04. The van der Waals surface area contributed by atoms with Gasteiger partial charge in [-0.1, -0.05) is 0 Å². The second-order valence-electron chi connectivity index (χ2n) is 6.12. The number of esters is 1. The number of alkyl halides is 2. The van der Waals surface area contributed by atoms with E-state index in [-0.39, 0.29) is 11.7 Å². The molecule has 0 saturated heterocycles. The molecular weight excluding hydrogens is 406 g/mol. The van der Waals surface area contributed by atoms with Crippen molar-refractivity contribution in [1.29, 1.82) is 0 Å². The minimum Gasteiger partial charge on any atom is -0.462 e. The summed E-state index contributed by atoms with van der Waals surface area (Å²) < 4.78 is 34.0. The lowest BCUT2D eigenvalue weighted by Crippen LogP contribution is -2.20. The molecule has 0 spiro atoms. The molecule has 28 heavy (non-hydrogen) atoms. The second kappa shape index (κ2) is 9.29. The summed E-state index contributed by atoms with van der Waals surface area (Å²) in [6.45, 7) is -0.788. The van der Waals surface area contributed by atoms with Crippen molar-refractivity contribution in [3.63, 3.8) is 0 Å². The summed E-state index contributed by atoms with van der Waals surface area (Å²) in [5.41, 5.74) is 2.22. The van der Waals surface area contributed by atoms with Crippen LogP contribution in [0.25, 0.3) is 0 Å². The first-order chi connectivity index (χ1) is 13.5. The number of hydrogen-bond donors (Lipinski definition) is 2. The van der Waals surface area contributed by atoms with Crippen molar-refractivity contribution < 1.29 is 23.0 Å². The van der Waals surface area contributed by atoms with E-state index < -0.39 is 6.61 Å². The quantitative estimate of drug-likeness (QED) is 0.488. The van der Waals surface area contributed by atoms with Crippen LogP contribution in [-0.2, 0) is 17.6 Å². The Kier molecular flexibility index (Phi) is 6.79. The molecular formula is C19H20F2N2O3S2. The summed E-state index contributed by atoms with van der Waals surface area (Å²) in [5.74, 6) is -0.282. The van der Waals surface area contributed by atoms with E-state index in [1.165, 1.54) is 28.3 Å². The number of anilines is 2. The van der Waals surface area contributed by atoms with E-state index in [2.05, 4.69) is 15.4 Å². The molecule has 0 radical (unpaired) electrons. The molecule has 1 heterocycles. The van der Waals surface area contributed by atoms with Gasteiger partial charge in [-0.05, 0) is 74.7 Å². The number of carbonyl (C=O) groups excluding carboxylic acids is 1. The zero-order chi connectivity index (χ0) is 20.1. The highest BCUT2D eigenvalue weighted by Crippen LogP contribution is 2.38. The zero-order valence-corrected chi connectivity index (χ0v) is 16.9. The van der Waals surface area contributed by atoms with Crippen molar-refractivity contribution in [2.24, 2.45) is 0 Å². The largest absolute Gasteiger partial charge is 0.462 e. The zero-order valence-electron chi connectivity index (χ0n) is 15.2. The Morgan fingerprint density at radius 3 is 2.61 bits per heavy atom. The van der Waals surface area contributed by atoms with Crippen molar-refractivity contribution >= 4 is 45.3 Å². The van der Waals surface area contributed by atoms with Crippen LogP contribution in [0.5, 0.6) is 5.75 Å². The van der Waals surface area contributed by atoms with Crippen LogP contribution >= 0.6 is 23.6 Å². The van der Waals surface area contributed by atoms with Gasteiger partial charge in [0.15, 0.2) is 5.11 Å². The highest BCUT2D eigenvalue weighted by atomic mass is 32.1. The summed E-state index contributed by atoms with van der Waals surface area (Å²) >= 11 is 6.87. The van der Waals surface area contributed by atoms with Gasteiger partial charge >= 0.3 is 12.6 Å². The van der Waals surface area contributed by atoms with E-state index in [1.807, 2.05) is 0 Å². The Balaban J connectivity index is 1.73. The lowest BCUT2D eigenvalue weighted by Gasteiger charge is -2.13. The first kappa shape index (κ1) is 20.5. The Hall–Kier alpha value is -2.26. The minimum absolute atomic E-state index is 0.0648. The topological polar surface area (TPSA) is 59.6 Å². The number of benzene rings is 1. The Morgan fingerprint density at radius 1 is 1.21 bits per heavy atom. The van der Waals surface area contributed by atoms with Crippen molar-refractivity contribution in [3.8, 4) is 5.75 Å². The van der Waals surface area contributed by atoms with Crippen LogP contribution in [0, 0.1) is 0 Å². The van der Waals surface area contributed by atoms with Crippen LogP contribution in [0.15, 0.2) is 24.3 Å². The van der Waals surface area contributed by atoms with Gasteiger partial charge in [-0.2, -0.15) is 8.78 Å². The highest BCUT2D eigenvalue weighted by molar-refractivity contribution is 7.80. The first-order valence-electron chi connectivity index (χ1n) is 8.92. The molecule has 0 unspecified atom stereocenters. The van der Waals surface area contributed by atoms with Crippen LogP contribution < -0.4 is 15.4 Å². The number of thiocarbonyl (C=S) groups is 1. The highest BCUT2D eigenvalue weighted by Gasteiger charge is 2.26. The average molecular weight is 427 g/mol. The molecule has 0 amide bonds. The molecule has 0 fully saturated rings. The van der Waals surface area contributed by atoms with Crippen LogP contribution in [0.1, 0.15) is 40.6 Å².